The van der Waals surface area contributed by atoms with Crippen LogP contribution in [0.5, 0.6) is 5.75 Å². The molecule has 1 heterocycles. The van der Waals surface area contributed by atoms with Crippen molar-refractivity contribution >= 4 is 34.1 Å². The van der Waals surface area contributed by atoms with Crippen molar-refractivity contribution in [2.75, 3.05) is 7.11 Å². The standard InChI is InChI=1S/C9H6Cl2N2O/c1-14-6-3-2-5-8(7(6)10)12-4-13-9(5)11/h2-4H,1H3. The van der Waals surface area contributed by atoms with E-state index in [9.17, 15) is 0 Å². The van der Waals surface area contributed by atoms with E-state index in [0.29, 0.717) is 21.4 Å². The summed E-state index contributed by atoms with van der Waals surface area (Å²) in [5, 5.41) is 1.56. The van der Waals surface area contributed by atoms with Crippen LogP contribution < -0.4 is 4.74 Å². The van der Waals surface area contributed by atoms with E-state index in [-0.39, 0.29) is 0 Å². The highest BCUT2D eigenvalue weighted by Gasteiger charge is 2.09. The summed E-state index contributed by atoms with van der Waals surface area (Å²) < 4.78 is 5.06. The first-order valence-corrected chi connectivity index (χ1v) is 4.62. The molecule has 2 rings (SSSR count). The molecule has 0 N–H and O–H groups in total. The van der Waals surface area contributed by atoms with Gasteiger partial charge in [-0.05, 0) is 12.1 Å². The number of nitrogens with zero attached hydrogens (tertiary/aromatic N) is 2. The van der Waals surface area contributed by atoms with Crippen LogP contribution in [0.3, 0.4) is 0 Å². The molecule has 0 bridgehead atoms. The van der Waals surface area contributed by atoms with Crippen LogP contribution >= 0.6 is 23.2 Å². The molecular weight excluding hydrogens is 223 g/mol. The first kappa shape index (κ1) is 9.49. The number of benzene rings is 1. The molecule has 0 aliphatic carbocycles. The number of halogens is 2. The molecule has 0 atom stereocenters. The summed E-state index contributed by atoms with van der Waals surface area (Å²) in [6.07, 6.45) is 1.37. The van der Waals surface area contributed by atoms with Gasteiger partial charge in [-0.2, -0.15) is 0 Å². The lowest BCUT2D eigenvalue weighted by molar-refractivity contribution is 0.415. The number of hydrogen-bond donors (Lipinski definition) is 0. The zero-order valence-electron chi connectivity index (χ0n) is 7.29. The van der Waals surface area contributed by atoms with Crippen LogP contribution in [0.15, 0.2) is 18.5 Å². The van der Waals surface area contributed by atoms with Crippen molar-refractivity contribution in [1.82, 2.24) is 9.97 Å². The molecule has 1 aromatic heterocycles. The molecule has 0 radical (unpaired) electrons. The van der Waals surface area contributed by atoms with E-state index < -0.39 is 0 Å². The highest BCUT2D eigenvalue weighted by atomic mass is 35.5. The van der Waals surface area contributed by atoms with Crippen molar-refractivity contribution in [3.05, 3.63) is 28.6 Å². The molecule has 72 valence electrons. The van der Waals surface area contributed by atoms with Crippen LogP contribution in [0.2, 0.25) is 10.2 Å². The summed E-state index contributed by atoms with van der Waals surface area (Å²) in [5.41, 5.74) is 0.603. The molecule has 3 nitrogen and oxygen atoms in total. The zero-order valence-corrected chi connectivity index (χ0v) is 8.80. The number of ether oxygens (including phenoxy) is 1. The summed E-state index contributed by atoms with van der Waals surface area (Å²) >= 11 is 11.9. The number of methoxy groups -OCH3 is 1. The number of fused-ring (bicyclic) bond motifs is 1. The molecule has 0 unspecified atom stereocenters. The van der Waals surface area contributed by atoms with Crippen molar-refractivity contribution < 1.29 is 4.74 Å². The Bertz CT molecular complexity index is 487. The predicted molar refractivity (Wildman–Crippen MR) is 56.1 cm³/mol. The van der Waals surface area contributed by atoms with Gasteiger partial charge in [0.15, 0.2) is 0 Å². The average Bonchev–Trinajstić information content (AvgIpc) is 2.20. The molecule has 2 aromatic rings. The van der Waals surface area contributed by atoms with Gasteiger partial charge >= 0.3 is 0 Å². The molecule has 0 saturated heterocycles. The van der Waals surface area contributed by atoms with Gasteiger partial charge in [0.25, 0.3) is 0 Å². The van der Waals surface area contributed by atoms with Gasteiger partial charge in [0.05, 0.1) is 12.6 Å². The SMILES string of the molecule is COc1ccc2c(Cl)ncnc2c1Cl. The van der Waals surface area contributed by atoms with Crippen molar-refractivity contribution in [3.8, 4) is 5.75 Å². The molecule has 0 saturated carbocycles. The molecule has 0 fully saturated rings. The third-order valence-electron chi connectivity index (χ3n) is 1.88. The van der Waals surface area contributed by atoms with Gasteiger partial charge in [-0.25, -0.2) is 9.97 Å². The van der Waals surface area contributed by atoms with E-state index in [1.807, 2.05) is 0 Å². The average molecular weight is 229 g/mol. The molecule has 1 aromatic carbocycles. The van der Waals surface area contributed by atoms with Crippen molar-refractivity contribution in [1.29, 1.82) is 0 Å². The first-order valence-electron chi connectivity index (χ1n) is 3.86. The second kappa shape index (κ2) is 3.59. The molecule has 14 heavy (non-hydrogen) atoms. The van der Waals surface area contributed by atoms with E-state index in [1.54, 1.807) is 19.2 Å². The summed E-state index contributed by atoms with van der Waals surface area (Å²) in [5.74, 6) is 0.578. The van der Waals surface area contributed by atoms with Crippen molar-refractivity contribution in [3.63, 3.8) is 0 Å². The largest absolute Gasteiger partial charge is 0.495 e. The minimum Gasteiger partial charge on any atom is -0.495 e. The third kappa shape index (κ3) is 1.38. The maximum atomic E-state index is 6.04. The topological polar surface area (TPSA) is 35.0 Å². The Labute approximate surface area is 90.6 Å². The van der Waals surface area contributed by atoms with E-state index in [4.69, 9.17) is 27.9 Å². The Morgan fingerprint density at radius 1 is 1.21 bits per heavy atom. The van der Waals surface area contributed by atoms with Gasteiger partial charge in [-0.1, -0.05) is 23.2 Å². The fraction of sp³-hybridized carbons (Fsp3) is 0.111. The monoisotopic (exact) mass is 228 g/mol. The predicted octanol–water partition coefficient (Wildman–Crippen LogP) is 2.95. The summed E-state index contributed by atoms with van der Waals surface area (Å²) in [7, 11) is 1.55. The molecular formula is C9H6Cl2N2O. The van der Waals surface area contributed by atoms with Gasteiger partial charge in [-0.3, -0.25) is 0 Å². The van der Waals surface area contributed by atoms with Crippen LogP contribution in [0.4, 0.5) is 0 Å². The Hall–Kier alpha value is -1.06. The first-order chi connectivity index (χ1) is 6.74. The van der Waals surface area contributed by atoms with E-state index in [1.165, 1.54) is 6.33 Å². The van der Waals surface area contributed by atoms with E-state index in [2.05, 4.69) is 9.97 Å². The van der Waals surface area contributed by atoms with Gasteiger partial charge in [0, 0.05) is 5.39 Å². The Morgan fingerprint density at radius 3 is 2.71 bits per heavy atom. The van der Waals surface area contributed by atoms with Crippen LogP contribution in [0, 0.1) is 0 Å². The van der Waals surface area contributed by atoms with Gasteiger partial charge in [-0.15, -0.1) is 0 Å². The fourth-order valence-corrected chi connectivity index (χ4v) is 1.69. The van der Waals surface area contributed by atoms with Crippen molar-refractivity contribution in [2.45, 2.75) is 0 Å². The molecule has 0 spiro atoms. The Kier molecular flexibility index (Phi) is 2.44. The second-order valence-electron chi connectivity index (χ2n) is 2.64. The van der Waals surface area contributed by atoms with Crippen LogP contribution in [-0.4, -0.2) is 17.1 Å². The fourth-order valence-electron chi connectivity index (χ4n) is 1.20. The second-order valence-corrected chi connectivity index (χ2v) is 3.38. The molecule has 0 aliphatic heterocycles. The number of rotatable bonds is 1. The maximum Gasteiger partial charge on any atom is 0.140 e. The van der Waals surface area contributed by atoms with Gasteiger partial charge in [0.1, 0.15) is 22.3 Å². The number of hydrogen-bond acceptors (Lipinski definition) is 3. The lowest BCUT2D eigenvalue weighted by atomic mass is 10.2. The van der Waals surface area contributed by atoms with E-state index >= 15 is 0 Å². The molecule has 5 heteroatoms. The smallest absolute Gasteiger partial charge is 0.140 e. The summed E-state index contributed by atoms with van der Waals surface area (Å²) in [6.45, 7) is 0. The summed E-state index contributed by atoms with van der Waals surface area (Å²) in [6, 6.07) is 3.52. The minimum absolute atomic E-state index is 0.388. The lowest BCUT2D eigenvalue weighted by Gasteiger charge is -2.05. The molecule has 0 amide bonds. The minimum atomic E-state index is 0.388. The highest BCUT2D eigenvalue weighted by Crippen LogP contribution is 2.33. The van der Waals surface area contributed by atoms with Crippen LogP contribution in [0.25, 0.3) is 10.9 Å². The highest BCUT2D eigenvalue weighted by molar-refractivity contribution is 6.39. The third-order valence-corrected chi connectivity index (χ3v) is 2.55. The Morgan fingerprint density at radius 2 is 2.00 bits per heavy atom. The number of aromatic nitrogens is 2. The zero-order chi connectivity index (χ0) is 10.1. The maximum absolute atomic E-state index is 6.04. The van der Waals surface area contributed by atoms with Gasteiger partial charge in [0.2, 0.25) is 0 Å². The van der Waals surface area contributed by atoms with Crippen molar-refractivity contribution in [2.24, 2.45) is 0 Å². The van der Waals surface area contributed by atoms with E-state index in [0.717, 1.165) is 5.39 Å². The van der Waals surface area contributed by atoms with Crippen LogP contribution in [0.1, 0.15) is 0 Å². The summed E-state index contributed by atoms with van der Waals surface area (Å²) in [4.78, 5) is 7.90. The quantitative estimate of drug-likeness (QED) is 0.705. The normalized spacial score (nSPS) is 10.5. The van der Waals surface area contributed by atoms with Crippen LogP contribution in [-0.2, 0) is 0 Å². The lowest BCUT2D eigenvalue weighted by Crippen LogP contribution is -1.89. The van der Waals surface area contributed by atoms with Gasteiger partial charge < -0.3 is 4.74 Å². The molecule has 0 aliphatic rings. The Balaban J connectivity index is 2.84.